The Morgan fingerprint density at radius 1 is 1.62 bits per heavy atom. The van der Waals surface area contributed by atoms with Crippen molar-refractivity contribution >= 4 is 0 Å². The Hall–Kier alpha value is -0.630. The highest BCUT2D eigenvalue weighted by molar-refractivity contribution is 4.94. The average Bonchev–Trinajstić information content (AvgIpc) is 2.77. The Morgan fingerprint density at radius 2 is 2.38 bits per heavy atom. The zero-order valence-electron chi connectivity index (χ0n) is 10.5. The van der Waals surface area contributed by atoms with Gasteiger partial charge in [-0.2, -0.15) is 5.26 Å². The van der Waals surface area contributed by atoms with Gasteiger partial charge in [-0.05, 0) is 26.7 Å². The van der Waals surface area contributed by atoms with E-state index in [2.05, 4.69) is 11.4 Å². The lowest BCUT2D eigenvalue weighted by molar-refractivity contribution is 0.00998. The highest BCUT2D eigenvalue weighted by Crippen LogP contribution is 2.16. The first-order chi connectivity index (χ1) is 7.57. The number of nitrogens with zero attached hydrogens (tertiary/aromatic N) is 1. The highest BCUT2D eigenvalue weighted by Gasteiger charge is 2.24. The molecule has 2 unspecified atom stereocenters. The van der Waals surface area contributed by atoms with E-state index in [1.807, 2.05) is 13.8 Å². The van der Waals surface area contributed by atoms with Crippen molar-refractivity contribution in [2.24, 2.45) is 0 Å². The van der Waals surface area contributed by atoms with E-state index in [4.69, 9.17) is 14.7 Å². The molecule has 0 spiro atoms. The van der Waals surface area contributed by atoms with Crippen LogP contribution in [0.15, 0.2) is 0 Å². The molecule has 0 saturated carbocycles. The first-order valence-corrected chi connectivity index (χ1v) is 5.87. The Kier molecular flexibility index (Phi) is 5.20. The molecule has 0 aromatic heterocycles. The zero-order valence-corrected chi connectivity index (χ0v) is 10.5. The Balaban J connectivity index is 2.29. The first-order valence-electron chi connectivity index (χ1n) is 5.87. The van der Waals surface area contributed by atoms with Crippen LogP contribution in [0.1, 0.15) is 33.1 Å². The van der Waals surface area contributed by atoms with Gasteiger partial charge in [0, 0.05) is 26.7 Å². The van der Waals surface area contributed by atoms with E-state index in [-0.39, 0.29) is 17.7 Å². The highest BCUT2D eigenvalue weighted by atomic mass is 16.5. The maximum absolute atomic E-state index is 9.05. The summed E-state index contributed by atoms with van der Waals surface area (Å²) in [7, 11) is 1.68. The topological polar surface area (TPSA) is 54.3 Å². The van der Waals surface area contributed by atoms with Crippen molar-refractivity contribution in [2.75, 3.05) is 20.3 Å². The van der Waals surface area contributed by atoms with Crippen molar-refractivity contribution in [1.82, 2.24) is 5.32 Å². The van der Waals surface area contributed by atoms with Crippen molar-refractivity contribution in [1.29, 1.82) is 5.26 Å². The Morgan fingerprint density at radius 3 is 2.88 bits per heavy atom. The minimum Gasteiger partial charge on any atom is -0.379 e. The van der Waals surface area contributed by atoms with Gasteiger partial charge in [-0.1, -0.05) is 0 Å². The number of ether oxygens (including phenoxy) is 2. The number of rotatable bonds is 6. The van der Waals surface area contributed by atoms with Gasteiger partial charge in [0.2, 0.25) is 0 Å². The quantitative estimate of drug-likeness (QED) is 0.745. The molecule has 1 rings (SSSR count). The van der Waals surface area contributed by atoms with E-state index in [1.54, 1.807) is 7.11 Å². The number of methoxy groups -OCH3 is 1. The van der Waals surface area contributed by atoms with Gasteiger partial charge in [0.15, 0.2) is 0 Å². The predicted octanol–water partition coefficient (Wildman–Crippen LogP) is 1.46. The summed E-state index contributed by atoms with van der Waals surface area (Å²) in [5, 5.41) is 12.3. The minimum atomic E-state index is -0.260. The molecule has 0 amide bonds. The summed E-state index contributed by atoms with van der Waals surface area (Å²) in [4.78, 5) is 0. The molecule has 0 bridgehead atoms. The fourth-order valence-corrected chi connectivity index (χ4v) is 1.82. The number of nitriles is 1. The smallest absolute Gasteiger partial charge is 0.0981 e. The van der Waals surface area contributed by atoms with Crippen LogP contribution in [0.2, 0.25) is 0 Å². The zero-order chi connectivity index (χ0) is 12.0. The van der Waals surface area contributed by atoms with Gasteiger partial charge in [-0.3, -0.25) is 5.32 Å². The van der Waals surface area contributed by atoms with E-state index in [0.717, 1.165) is 26.0 Å². The van der Waals surface area contributed by atoms with Crippen LogP contribution in [0, 0.1) is 11.3 Å². The molecular formula is C12H22N2O2. The van der Waals surface area contributed by atoms with Gasteiger partial charge in [0.05, 0.1) is 23.8 Å². The van der Waals surface area contributed by atoms with Gasteiger partial charge < -0.3 is 9.47 Å². The number of hydrogen-bond acceptors (Lipinski definition) is 4. The van der Waals surface area contributed by atoms with Crippen LogP contribution < -0.4 is 5.32 Å². The van der Waals surface area contributed by atoms with Crippen molar-refractivity contribution in [3.05, 3.63) is 0 Å². The van der Waals surface area contributed by atoms with Crippen LogP contribution >= 0.6 is 0 Å². The standard InChI is InChI=1S/C12H22N2O2/c1-12(2,15-3)7-10(8-13)14-9-11-5-4-6-16-11/h10-11,14H,4-7,9H2,1-3H3. The second-order valence-corrected chi connectivity index (χ2v) is 4.89. The SMILES string of the molecule is COC(C)(C)CC(C#N)NCC1CCCO1. The van der Waals surface area contributed by atoms with Gasteiger partial charge in [0.1, 0.15) is 0 Å². The molecule has 0 aromatic carbocycles. The van der Waals surface area contributed by atoms with Crippen LogP contribution in [0.25, 0.3) is 0 Å². The summed E-state index contributed by atoms with van der Waals surface area (Å²) in [6, 6.07) is 2.10. The van der Waals surface area contributed by atoms with Crippen molar-refractivity contribution < 1.29 is 9.47 Å². The van der Waals surface area contributed by atoms with E-state index >= 15 is 0 Å². The molecule has 92 valence electrons. The largest absolute Gasteiger partial charge is 0.379 e. The van der Waals surface area contributed by atoms with E-state index in [0.29, 0.717) is 6.42 Å². The number of nitrogens with one attached hydrogen (secondary N) is 1. The number of hydrogen-bond donors (Lipinski definition) is 1. The Bertz CT molecular complexity index is 242. The van der Waals surface area contributed by atoms with Gasteiger partial charge in [-0.25, -0.2) is 0 Å². The summed E-state index contributed by atoms with van der Waals surface area (Å²) < 4.78 is 10.8. The maximum atomic E-state index is 9.05. The summed E-state index contributed by atoms with van der Waals surface area (Å²) in [6.45, 7) is 5.60. The summed E-state index contributed by atoms with van der Waals surface area (Å²) in [6.07, 6.45) is 3.19. The van der Waals surface area contributed by atoms with Crippen LogP contribution in [0.4, 0.5) is 0 Å². The molecule has 16 heavy (non-hydrogen) atoms. The van der Waals surface area contributed by atoms with Crippen LogP contribution in [-0.2, 0) is 9.47 Å². The van der Waals surface area contributed by atoms with Crippen molar-refractivity contribution in [2.45, 2.75) is 50.9 Å². The second kappa shape index (κ2) is 6.19. The van der Waals surface area contributed by atoms with E-state index in [1.165, 1.54) is 0 Å². The normalized spacial score (nSPS) is 23.0. The van der Waals surface area contributed by atoms with Gasteiger partial charge in [-0.15, -0.1) is 0 Å². The van der Waals surface area contributed by atoms with Gasteiger partial charge in [0.25, 0.3) is 0 Å². The van der Waals surface area contributed by atoms with Crippen molar-refractivity contribution in [3.8, 4) is 6.07 Å². The molecule has 1 aliphatic heterocycles. The van der Waals surface area contributed by atoms with Crippen LogP contribution in [0.3, 0.4) is 0 Å². The third kappa shape index (κ3) is 4.48. The molecule has 1 N–H and O–H groups in total. The molecule has 4 nitrogen and oxygen atoms in total. The second-order valence-electron chi connectivity index (χ2n) is 4.89. The molecule has 0 aliphatic carbocycles. The lowest BCUT2D eigenvalue weighted by Crippen LogP contribution is -2.40. The molecular weight excluding hydrogens is 204 g/mol. The molecule has 1 fully saturated rings. The van der Waals surface area contributed by atoms with Crippen molar-refractivity contribution in [3.63, 3.8) is 0 Å². The monoisotopic (exact) mass is 226 g/mol. The molecule has 4 heteroatoms. The van der Waals surface area contributed by atoms with E-state index in [9.17, 15) is 0 Å². The minimum absolute atomic E-state index is 0.167. The molecule has 1 heterocycles. The third-order valence-corrected chi connectivity index (χ3v) is 3.02. The summed E-state index contributed by atoms with van der Waals surface area (Å²) >= 11 is 0. The fraction of sp³-hybridized carbons (Fsp3) is 0.917. The summed E-state index contributed by atoms with van der Waals surface area (Å²) in [5.74, 6) is 0. The maximum Gasteiger partial charge on any atom is 0.0981 e. The summed E-state index contributed by atoms with van der Waals surface area (Å²) in [5.41, 5.74) is -0.260. The lowest BCUT2D eigenvalue weighted by Gasteiger charge is -2.26. The third-order valence-electron chi connectivity index (χ3n) is 3.02. The van der Waals surface area contributed by atoms with Crippen LogP contribution in [0.5, 0.6) is 0 Å². The van der Waals surface area contributed by atoms with Gasteiger partial charge >= 0.3 is 0 Å². The lowest BCUT2D eigenvalue weighted by atomic mass is 9.99. The molecule has 2 atom stereocenters. The molecule has 1 aliphatic rings. The Labute approximate surface area is 97.9 Å². The molecule has 1 saturated heterocycles. The van der Waals surface area contributed by atoms with Crippen LogP contribution in [-0.4, -0.2) is 38.0 Å². The molecule has 0 aromatic rings. The fourth-order valence-electron chi connectivity index (χ4n) is 1.82. The van der Waals surface area contributed by atoms with E-state index < -0.39 is 0 Å². The average molecular weight is 226 g/mol. The predicted molar refractivity (Wildman–Crippen MR) is 62.1 cm³/mol. The first kappa shape index (κ1) is 13.4. The molecule has 0 radical (unpaired) electrons.